The first-order chi connectivity index (χ1) is 7.15. The first-order valence-corrected chi connectivity index (χ1v) is 6.57. The summed E-state index contributed by atoms with van der Waals surface area (Å²) in [5.74, 6) is 0. The second-order valence-electron chi connectivity index (χ2n) is 3.47. The van der Waals surface area contributed by atoms with Gasteiger partial charge < -0.3 is 20.3 Å². The van der Waals surface area contributed by atoms with Gasteiger partial charge in [0.05, 0.1) is 19.3 Å². The van der Waals surface area contributed by atoms with Crippen molar-refractivity contribution in [3.05, 3.63) is 0 Å². The molecule has 3 N–H and O–H groups in total. The fourth-order valence-corrected chi connectivity index (χ4v) is 1.86. The van der Waals surface area contributed by atoms with Crippen molar-refractivity contribution in [1.82, 2.24) is 5.32 Å². The Morgan fingerprint density at radius 3 is 2.60 bits per heavy atom. The van der Waals surface area contributed by atoms with Crippen LogP contribution in [0.15, 0.2) is 0 Å². The molecule has 0 aliphatic rings. The number of aliphatic hydroxyl groups is 2. The molecule has 92 valence electrons. The van der Waals surface area contributed by atoms with Gasteiger partial charge in [-0.2, -0.15) is 11.8 Å². The summed E-state index contributed by atoms with van der Waals surface area (Å²) < 4.78 is 5.10. The normalized spacial score (nSPS) is 17.4. The summed E-state index contributed by atoms with van der Waals surface area (Å²) in [5, 5.41) is 21.9. The highest BCUT2D eigenvalue weighted by molar-refractivity contribution is 7.99. The first-order valence-electron chi connectivity index (χ1n) is 5.28. The zero-order chi connectivity index (χ0) is 11.7. The molecule has 0 spiro atoms. The number of nitrogens with one attached hydrogen (secondary N) is 1. The van der Waals surface area contributed by atoms with Gasteiger partial charge in [-0.3, -0.25) is 0 Å². The quantitative estimate of drug-likeness (QED) is 0.530. The summed E-state index contributed by atoms with van der Waals surface area (Å²) in [6.07, 6.45) is 1.49. The number of hydrogen-bond donors (Lipinski definition) is 3. The van der Waals surface area contributed by atoms with Crippen LogP contribution in [-0.2, 0) is 4.74 Å². The van der Waals surface area contributed by atoms with E-state index in [1.165, 1.54) is 0 Å². The maximum atomic E-state index is 9.50. The van der Waals surface area contributed by atoms with Gasteiger partial charge in [-0.1, -0.05) is 0 Å². The zero-order valence-electron chi connectivity index (χ0n) is 9.77. The largest absolute Gasteiger partial charge is 0.395 e. The summed E-state index contributed by atoms with van der Waals surface area (Å²) in [4.78, 5) is 0. The molecule has 0 radical (unpaired) electrons. The van der Waals surface area contributed by atoms with Crippen molar-refractivity contribution in [1.29, 1.82) is 0 Å². The van der Waals surface area contributed by atoms with Gasteiger partial charge >= 0.3 is 0 Å². The third-order valence-electron chi connectivity index (χ3n) is 2.23. The Balaban J connectivity index is 3.63. The number of hydrogen-bond acceptors (Lipinski definition) is 5. The minimum atomic E-state index is -0.478. The number of ether oxygens (including phenoxy) is 1. The fraction of sp³-hybridized carbons (Fsp3) is 1.00. The van der Waals surface area contributed by atoms with Crippen LogP contribution < -0.4 is 5.32 Å². The lowest BCUT2D eigenvalue weighted by Gasteiger charge is -2.22. The zero-order valence-corrected chi connectivity index (χ0v) is 10.6. The highest BCUT2D eigenvalue weighted by Crippen LogP contribution is 2.09. The summed E-state index contributed by atoms with van der Waals surface area (Å²) in [6.45, 7) is 5.54. The van der Waals surface area contributed by atoms with Crippen LogP contribution in [0.5, 0.6) is 0 Å². The average molecular weight is 237 g/mol. The molecule has 0 heterocycles. The average Bonchev–Trinajstić information content (AvgIpc) is 2.25. The van der Waals surface area contributed by atoms with Crippen LogP contribution in [0.1, 0.15) is 13.8 Å². The molecule has 0 aliphatic heterocycles. The van der Waals surface area contributed by atoms with Crippen molar-refractivity contribution < 1.29 is 14.9 Å². The first kappa shape index (κ1) is 15.2. The fourth-order valence-electron chi connectivity index (χ4n) is 1.20. The van der Waals surface area contributed by atoms with E-state index in [4.69, 9.17) is 9.84 Å². The van der Waals surface area contributed by atoms with Gasteiger partial charge in [0.15, 0.2) is 0 Å². The van der Waals surface area contributed by atoms with Crippen LogP contribution in [0.3, 0.4) is 0 Å². The maximum Gasteiger partial charge on any atom is 0.0897 e. The van der Waals surface area contributed by atoms with Crippen molar-refractivity contribution in [2.24, 2.45) is 0 Å². The number of aliphatic hydroxyl groups excluding tert-OH is 2. The van der Waals surface area contributed by atoms with Crippen molar-refractivity contribution in [3.8, 4) is 0 Å². The van der Waals surface area contributed by atoms with Gasteiger partial charge in [0, 0.05) is 24.4 Å². The predicted octanol–water partition coefficient (Wildman–Crippen LogP) is 0.0858. The molecular weight excluding hydrogens is 214 g/mol. The lowest BCUT2D eigenvalue weighted by Crippen LogP contribution is -2.42. The molecule has 0 saturated carbocycles. The van der Waals surface area contributed by atoms with Gasteiger partial charge in [-0.05, 0) is 20.1 Å². The molecule has 3 atom stereocenters. The summed E-state index contributed by atoms with van der Waals surface area (Å²) >= 11 is 1.62. The van der Waals surface area contributed by atoms with Crippen LogP contribution in [0.25, 0.3) is 0 Å². The van der Waals surface area contributed by atoms with E-state index in [0.717, 1.165) is 0 Å². The van der Waals surface area contributed by atoms with E-state index in [-0.39, 0.29) is 17.9 Å². The predicted molar refractivity (Wildman–Crippen MR) is 64.4 cm³/mol. The second-order valence-corrected chi connectivity index (χ2v) is 4.54. The summed E-state index contributed by atoms with van der Waals surface area (Å²) in [5.41, 5.74) is 0. The van der Waals surface area contributed by atoms with Crippen molar-refractivity contribution in [2.75, 3.05) is 32.6 Å². The molecule has 0 bridgehead atoms. The Hall–Kier alpha value is 0.190. The topological polar surface area (TPSA) is 61.7 Å². The van der Waals surface area contributed by atoms with Gasteiger partial charge in [0.25, 0.3) is 0 Å². The van der Waals surface area contributed by atoms with E-state index in [1.807, 2.05) is 20.1 Å². The van der Waals surface area contributed by atoms with Gasteiger partial charge in [0.2, 0.25) is 0 Å². The van der Waals surface area contributed by atoms with E-state index in [1.54, 1.807) is 11.8 Å². The molecule has 15 heavy (non-hydrogen) atoms. The second kappa shape index (κ2) is 9.42. The molecule has 3 unspecified atom stereocenters. The Bertz CT molecular complexity index is 145. The standard InChI is InChI=1S/C10H23NO3S/c1-4-14-7-9(13)5-11-8(2)10(6-12)15-3/h8-13H,4-7H2,1-3H3. The molecule has 0 rings (SSSR count). The smallest absolute Gasteiger partial charge is 0.0897 e. The Morgan fingerprint density at radius 2 is 2.13 bits per heavy atom. The lowest BCUT2D eigenvalue weighted by atomic mass is 10.2. The van der Waals surface area contributed by atoms with Gasteiger partial charge in [-0.15, -0.1) is 0 Å². The van der Waals surface area contributed by atoms with Crippen LogP contribution in [0.2, 0.25) is 0 Å². The summed E-state index contributed by atoms with van der Waals surface area (Å²) in [7, 11) is 0. The number of rotatable bonds is 9. The highest BCUT2D eigenvalue weighted by atomic mass is 32.2. The molecule has 0 amide bonds. The minimum absolute atomic E-state index is 0.150. The molecule has 0 aromatic heterocycles. The van der Waals surface area contributed by atoms with Crippen molar-refractivity contribution in [2.45, 2.75) is 31.2 Å². The van der Waals surface area contributed by atoms with Crippen molar-refractivity contribution in [3.63, 3.8) is 0 Å². The SMILES string of the molecule is CCOCC(O)CNC(C)C(CO)SC. The Labute approximate surface area is 96.4 Å². The van der Waals surface area contributed by atoms with E-state index in [2.05, 4.69) is 5.32 Å². The number of thioether (sulfide) groups is 1. The molecule has 0 aromatic carbocycles. The monoisotopic (exact) mass is 237 g/mol. The molecular formula is C10H23NO3S. The molecule has 0 fully saturated rings. The lowest BCUT2D eigenvalue weighted by molar-refractivity contribution is 0.0414. The van der Waals surface area contributed by atoms with E-state index >= 15 is 0 Å². The van der Waals surface area contributed by atoms with Gasteiger partial charge in [0.1, 0.15) is 0 Å². The molecule has 0 saturated heterocycles. The maximum absolute atomic E-state index is 9.50. The van der Waals surface area contributed by atoms with Gasteiger partial charge in [-0.25, -0.2) is 0 Å². The third-order valence-corrected chi connectivity index (χ3v) is 3.39. The van der Waals surface area contributed by atoms with E-state index < -0.39 is 6.10 Å². The molecule has 4 nitrogen and oxygen atoms in total. The minimum Gasteiger partial charge on any atom is -0.395 e. The van der Waals surface area contributed by atoms with Crippen LogP contribution in [-0.4, -0.2) is 60.2 Å². The van der Waals surface area contributed by atoms with E-state index in [0.29, 0.717) is 19.8 Å². The van der Waals surface area contributed by atoms with E-state index in [9.17, 15) is 5.11 Å². The van der Waals surface area contributed by atoms with Crippen LogP contribution in [0, 0.1) is 0 Å². The highest BCUT2D eigenvalue weighted by Gasteiger charge is 2.15. The summed E-state index contributed by atoms with van der Waals surface area (Å²) in [6, 6.07) is 0.182. The third kappa shape index (κ3) is 7.14. The van der Waals surface area contributed by atoms with Crippen molar-refractivity contribution >= 4 is 11.8 Å². The Morgan fingerprint density at radius 1 is 1.47 bits per heavy atom. The molecule has 0 aliphatic carbocycles. The molecule has 5 heteroatoms. The van der Waals surface area contributed by atoms with Crippen LogP contribution >= 0.6 is 11.8 Å². The Kier molecular flexibility index (Phi) is 9.54. The van der Waals surface area contributed by atoms with Crippen LogP contribution in [0.4, 0.5) is 0 Å². The molecule has 0 aromatic rings.